The first kappa shape index (κ1) is 23.5. The van der Waals surface area contributed by atoms with Crippen LogP contribution >= 0.6 is 0 Å². The highest BCUT2D eigenvalue weighted by Gasteiger charge is 2.20. The number of nitrogens with zero attached hydrogens (tertiary/aromatic N) is 2. The number of hydrogen-bond donors (Lipinski definition) is 0. The van der Waals surface area contributed by atoms with Crippen LogP contribution in [0.4, 0.5) is 4.79 Å². The van der Waals surface area contributed by atoms with Crippen molar-refractivity contribution >= 4 is 17.1 Å². The summed E-state index contributed by atoms with van der Waals surface area (Å²) in [6.45, 7) is 9.84. The Bertz CT molecular complexity index is 899. The Balaban J connectivity index is 1.87. The zero-order valence-electron chi connectivity index (χ0n) is 20.0. The third-order valence-electron chi connectivity index (χ3n) is 6.18. The topological polar surface area (TPSA) is 51.7 Å². The fourth-order valence-corrected chi connectivity index (χ4v) is 4.54. The molecule has 0 N–H and O–H groups in total. The molecule has 170 valence electrons. The molecule has 1 saturated carbocycles. The molecule has 0 unspecified atom stereocenters. The lowest BCUT2D eigenvalue weighted by molar-refractivity contribution is 0.0931. The molecule has 2 aromatic rings. The van der Waals surface area contributed by atoms with Gasteiger partial charge in [-0.1, -0.05) is 53.4 Å². The van der Waals surface area contributed by atoms with E-state index in [-0.39, 0.29) is 0 Å². The predicted octanol–water partition coefficient (Wildman–Crippen LogP) is 6.64. The zero-order valence-corrected chi connectivity index (χ0v) is 20.0. The van der Waals surface area contributed by atoms with Crippen LogP contribution in [0, 0.1) is 5.92 Å². The number of aromatic nitrogens is 1. The van der Waals surface area contributed by atoms with Gasteiger partial charge in [-0.05, 0) is 62.0 Å². The summed E-state index contributed by atoms with van der Waals surface area (Å²) in [6.07, 6.45) is 5.40. The van der Waals surface area contributed by atoms with Crippen LogP contribution in [0.5, 0.6) is 5.75 Å². The highest BCUT2D eigenvalue weighted by atomic mass is 16.7. The molecule has 0 atom stereocenters. The fraction of sp³-hybridized carbons (Fsp3) is 0.615. The van der Waals surface area contributed by atoms with Crippen molar-refractivity contribution in [1.82, 2.24) is 9.88 Å². The van der Waals surface area contributed by atoms with Gasteiger partial charge in [-0.15, -0.1) is 0 Å². The van der Waals surface area contributed by atoms with Crippen molar-refractivity contribution in [2.45, 2.75) is 78.2 Å². The summed E-state index contributed by atoms with van der Waals surface area (Å²) in [5, 5.41) is 1.04. The minimum atomic E-state index is -0.617. The second kappa shape index (κ2) is 10.4. The van der Waals surface area contributed by atoms with Crippen molar-refractivity contribution in [3.8, 4) is 5.75 Å². The number of rotatable bonds is 8. The van der Waals surface area contributed by atoms with Crippen LogP contribution in [0.1, 0.15) is 88.5 Å². The average Bonchev–Trinajstić information content (AvgIpc) is 3.21. The molecule has 0 amide bonds. The molecule has 5 heteroatoms. The average molecular weight is 427 g/mol. The molecule has 1 aliphatic rings. The van der Waals surface area contributed by atoms with E-state index in [4.69, 9.17) is 14.5 Å². The molecule has 0 saturated heterocycles. The molecule has 0 bridgehead atoms. The molecule has 1 aliphatic carbocycles. The second-order valence-electron chi connectivity index (χ2n) is 9.76. The lowest BCUT2D eigenvalue weighted by Gasteiger charge is -2.20. The summed E-state index contributed by atoms with van der Waals surface area (Å²) in [6, 6.07) is 6.04. The maximum atomic E-state index is 12.4. The predicted molar refractivity (Wildman–Crippen MR) is 126 cm³/mol. The van der Waals surface area contributed by atoms with E-state index in [1.54, 1.807) is 0 Å². The van der Waals surface area contributed by atoms with Gasteiger partial charge in [0.2, 0.25) is 0 Å². The number of carbonyl (C=O) groups excluding carboxylic acids is 1. The minimum Gasteiger partial charge on any atom is -0.434 e. The van der Waals surface area contributed by atoms with E-state index in [1.807, 2.05) is 26.2 Å². The lowest BCUT2D eigenvalue weighted by atomic mass is 9.92. The van der Waals surface area contributed by atoms with Gasteiger partial charge in [0.15, 0.2) is 0 Å². The second-order valence-corrected chi connectivity index (χ2v) is 9.76. The van der Waals surface area contributed by atoms with Crippen LogP contribution in [0.3, 0.4) is 0 Å². The minimum absolute atomic E-state index is 0.352. The Morgan fingerprint density at radius 3 is 2.45 bits per heavy atom. The smallest absolute Gasteiger partial charge is 0.434 e. The number of carbonyl (C=O) groups is 1. The van der Waals surface area contributed by atoms with Crippen LogP contribution in [0.15, 0.2) is 18.2 Å². The molecule has 1 fully saturated rings. The van der Waals surface area contributed by atoms with Crippen LogP contribution < -0.4 is 4.74 Å². The molecule has 1 heterocycles. The summed E-state index contributed by atoms with van der Waals surface area (Å²) < 4.78 is 11.1. The molecule has 31 heavy (non-hydrogen) atoms. The Kier molecular flexibility index (Phi) is 7.93. The van der Waals surface area contributed by atoms with Gasteiger partial charge in [-0.3, -0.25) is 4.98 Å². The van der Waals surface area contributed by atoms with Crippen LogP contribution in [-0.4, -0.2) is 36.7 Å². The van der Waals surface area contributed by atoms with Crippen molar-refractivity contribution < 1.29 is 14.3 Å². The van der Waals surface area contributed by atoms with Crippen molar-refractivity contribution in [2.24, 2.45) is 5.92 Å². The number of pyridine rings is 1. The molecule has 1 aromatic carbocycles. The van der Waals surface area contributed by atoms with Crippen molar-refractivity contribution in [3.05, 3.63) is 35.0 Å². The Morgan fingerprint density at radius 1 is 1.13 bits per heavy atom. The molecule has 0 radical (unpaired) electrons. The number of fused-ring (bicyclic) bond motifs is 1. The summed E-state index contributed by atoms with van der Waals surface area (Å²) in [7, 11) is 4.03. The van der Waals surface area contributed by atoms with Crippen molar-refractivity contribution in [3.63, 3.8) is 0 Å². The Labute approximate surface area is 187 Å². The highest BCUT2D eigenvalue weighted by Crippen LogP contribution is 2.34. The number of hydrogen-bond acceptors (Lipinski definition) is 5. The van der Waals surface area contributed by atoms with E-state index >= 15 is 0 Å². The third kappa shape index (κ3) is 5.97. The van der Waals surface area contributed by atoms with E-state index in [0.29, 0.717) is 36.7 Å². The van der Waals surface area contributed by atoms with Gasteiger partial charge in [0.25, 0.3) is 0 Å². The molecule has 5 nitrogen and oxygen atoms in total. The van der Waals surface area contributed by atoms with Gasteiger partial charge in [0, 0.05) is 23.2 Å². The first-order chi connectivity index (χ1) is 14.8. The SMILES string of the molecule is CC(C)c1cc2c(CN(C)C)c(OC(=O)OCCC3CCCC3)ccc2nc1C(C)C. The standard InChI is InChI=1S/C26H38N2O3/c1-17(2)20-15-21-22(16-28(5)6)24(12-11-23(21)27-25(20)18(3)4)31-26(29)30-14-13-19-9-7-8-10-19/h11-12,15,17-19H,7-10,13-14,16H2,1-6H3. The zero-order chi connectivity index (χ0) is 22.5. The number of benzene rings is 1. The maximum Gasteiger partial charge on any atom is 0.513 e. The highest BCUT2D eigenvalue weighted by molar-refractivity contribution is 5.86. The van der Waals surface area contributed by atoms with E-state index in [9.17, 15) is 4.79 Å². The summed E-state index contributed by atoms with van der Waals surface area (Å²) in [5.74, 6) is 1.96. The molecule has 0 aliphatic heterocycles. The van der Waals surface area contributed by atoms with E-state index in [0.717, 1.165) is 28.6 Å². The first-order valence-electron chi connectivity index (χ1n) is 11.7. The van der Waals surface area contributed by atoms with E-state index in [2.05, 4.69) is 38.7 Å². The summed E-state index contributed by atoms with van der Waals surface area (Å²) in [5.41, 5.74) is 4.30. The van der Waals surface area contributed by atoms with Gasteiger partial charge in [-0.2, -0.15) is 0 Å². The van der Waals surface area contributed by atoms with Gasteiger partial charge >= 0.3 is 6.16 Å². The molecular formula is C26H38N2O3. The Hall–Kier alpha value is -2.14. The Morgan fingerprint density at radius 2 is 1.84 bits per heavy atom. The molecule has 3 rings (SSSR count). The molecule has 1 aromatic heterocycles. The fourth-order valence-electron chi connectivity index (χ4n) is 4.54. The van der Waals surface area contributed by atoms with Crippen LogP contribution in [0.2, 0.25) is 0 Å². The largest absolute Gasteiger partial charge is 0.513 e. The third-order valence-corrected chi connectivity index (χ3v) is 6.18. The number of ether oxygens (including phenoxy) is 2. The lowest BCUT2D eigenvalue weighted by Crippen LogP contribution is -2.17. The monoisotopic (exact) mass is 426 g/mol. The van der Waals surface area contributed by atoms with E-state index < -0.39 is 6.16 Å². The van der Waals surface area contributed by atoms with Crippen LogP contribution in [0.25, 0.3) is 10.9 Å². The van der Waals surface area contributed by atoms with Gasteiger partial charge in [0.1, 0.15) is 5.75 Å². The normalized spacial score (nSPS) is 14.9. The maximum absolute atomic E-state index is 12.4. The van der Waals surface area contributed by atoms with Gasteiger partial charge < -0.3 is 14.4 Å². The van der Waals surface area contributed by atoms with Gasteiger partial charge in [-0.25, -0.2) is 4.79 Å². The first-order valence-corrected chi connectivity index (χ1v) is 11.7. The van der Waals surface area contributed by atoms with Crippen LogP contribution in [-0.2, 0) is 11.3 Å². The quantitative estimate of drug-likeness (QED) is 0.350. The van der Waals surface area contributed by atoms with Crippen molar-refractivity contribution in [2.75, 3.05) is 20.7 Å². The summed E-state index contributed by atoms with van der Waals surface area (Å²) >= 11 is 0. The molecular weight excluding hydrogens is 388 g/mol. The molecule has 0 spiro atoms. The summed E-state index contributed by atoms with van der Waals surface area (Å²) in [4.78, 5) is 19.5. The van der Waals surface area contributed by atoms with Gasteiger partial charge in [0.05, 0.1) is 12.1 Å². The van der Waals surface area contributed by atoms with E-state index in [1.165, 1.54) is 31.2 Å². The van der Waals surface area contributed by atoms with Crippen molar-refractivity contribution in [1.29, 1.82) is 0 Å².